The number of nitrogens with one attached hydrogen (secondary N) is 1. The lowest BCUT2D eigenvalue weighted by molar-refractivity contribution is -0.287. The van der Waals surface area contributed by atoms with Gasteiger partial charge >= 0.3 is 0 Å². The van der Waals surface area contributed by atoms with Crippen LogP contribution in [0, 0.1) is 0 Å². The molecule has 0 spiro atoms. The van der Waals surface area contributed by atoms with Gasteiger partial charge in [-0.1, -0.05) is 0 Å². The summed E-state index contributed by atoms with van der Waals surface area (Å²) in [4.78, 5) is 3.99. The summed E-state index contributed by atoms with van der Waals surface area (Å²) in [5.74, 6) is -0.0998. The van der Waals surface area contributed by atoms with Gasteiger partial charge in [0, 0.05) is 7.11 Å². The summed E-state index contributed by atoms with van der Waals surface area (Å²) in [5, 5.41) is 70.5. The monoisotopic (exact) mass is 352 g/mol. The molecule has 2 heterocycles. The summed E-state index contributed by atoms with van der Waals surface area (Å²) in [6, 6.07) is -0.918. The molecule has 0 aromatic carbocycles. The Labute approximate surface area is 137 Å². The van der Waals surface area contributed by atoms with Crippen molar-refractivity contribution >= 4 is 5.84 Å². The molecule has 2 rings (SSSR count). The normalized spacial score (nSPS) is 48.3. The quantitative estimate of drug-likeness (QED) is 0.243. The summed E-state index contributed by atoms with van der Waals surface area (Å²) in [5.41, 5.74) is 0. The van der Waals surface area contributed by atoms with Crippen molar-refractivity contribution in [3.63, 3.8) is 0 Å². The van der Waals surface area contributed by atoms with E-state index in [2.05, 4.69) is 10.3 Å². The van der Waals surface area contributed by atoms with Crippen LogP contribution < -0.4 is 5.32 Å². The zero-order chi connectivity index (χ0) is 18.0. The predicted molar refractivity (Wildman–Crippen MR) is 78.0 cm³/mol. The lowest BCUT2D eigenvalue weighted by atomic mass is 9.95. The van der Waals surface area contributed by atoms with Crippen molar-refractivity contribution in [2.45, 2.75) is 55.1 Å². The van der Waals surface area contributed by atoms with Crippen LogP contribution in [0.2, 0.25) is 0 Å². The number of aliphatic imine (C=N–C) groups is 1. The SMILES string of the molecule is CO[C@H]1O[C@@H](CN=C2N[C@@H](CO)[C@@H](O)[C@H](O)[C@@H]2O)[C@@H](O)[C@H](O)[C@H]1O. The van der Waals surface area contributed by atoms with E-state index in [0.29, 0.717) is 0 Å². The molecule has 0 radical (unpaired) electrons. The van der Waals surface area contributed by atoms with E-state index in [4.69, 9.17) is 14.6 Å². The second kappa shape index (κ2) is 7.99. The summed E-state index contributed by atoms with van der Waals surface area (Å²) >= 11 is 0. The van der Waals surface area contributed by atoms with Crippen LogP contribution >= 0.6 is 0 Å². The molecule has 0 amide bonds. The van der Waals surface area contributed by atoms with E-state index >= 15 is 0 Å². The maximum atomic E-state index is 9.94. The van der Waals surface area contributed by atoms with E-state index in [1.54, 1.807) is 0 Å². The van der Waals surface area contributed by atoms with Crippen LogP contribution in [0.1, 0.15) is 0 Å². The summed E-state index contributed by atoms with van der Waals surface area (Å²) in [6.45, 7) is -0.728. The first-order chi connectivity index (χ1) is 11.3. The molecule has 0 aromatic heterocycles. The van der Waals surface area contributed by atoms with Crippen LogP contribution in [-0.2, 0) is 9.47 Å². The minimum atomic E-state index is -1.54. The highest BCUT2D eigenvalue weighted by molar-refractivity contribution is 5.88. The highest BCUT2D eigenvalue weighted by atomic mass is 16.7. The molecule has 0 saturated carbocycles. The molecule has 24 heavy (non-hydrogen) atoms. The van der Waals surface area contributed by atoms with Gasteiger partial charge in [-0.05, 0) is 0 Å². The number of aliphatic hydroxyl groups excluding tert-OH is 7. The third kappa shape index (κ3) is 3.69. The Hall–Kier alpha value is -0.890. The number of rotatable bonds is 4. The van der Waals surface area contributed by atoms with E-state index in [1.165, 1.54) is 7.11 Å². The first-order valence-corrected chi connectivity index (χ1v) is 7.50. The van der Waals surface area contributed by atoms with E-state index in [-0.39, 0.29) is 12.4 Å². The molecule has 0 bridgehead atoms. The first-order valence-electron chi connectivity index (χ1n) is 7.50. The Morgan fingerprint density at radius 2 is 1.67 bits per heavy atom. The van der Waals surface area contributed by atoms with Crippen molar-refractivity contribution in [2.24, 2.45) is 4.99 Å². The van der Waals surface area contributed by atoms with Gasteiger partial charge in [0.25, 0.3) is 0 Å². The van der Waals surface area contributed by atoms with Crippen LogP contribution in [0.15, 0.2) is 4.99 Å². The van der Waals surface area contributed by atoms with Crippen LogP contribution in [-0.4, -0.2) is 117 Å². The fourth-order valence-corrected chi connectivity index (χ4v) is 2.69. The van der Waals surface area contributed by atoms with Gasteiger partial charge in [0.05, 0.1) is 19.2 Å². The van der Waals surface area contributed by atoms with Gasteiger partial charge in [-0.15, -0.1) is 0 Å². The number of ether oxygens (including phenoxy) is 2. The molecule has 2 fully saturated rings. The van der Waals surface area contributed by atoms with Crippen LogP contribution in [0.3, 0.4) is 0 Å². The Kier molecular flexibility index (Phi) is 6.47. The maximum absolute atomic E-state index is 9.94. The summed E-state index contributed by atoms with van der Waals surface area (Å²) < 4.78 is 10.2. The van der Waals surface area contributed by atoms with Gasteiger partial charge in [0.2, 0.25) is 0 Å². The van der Waals surface area contributed by atoms with Crippen LogP contribution in [0.4, 0.5) is 0 Å². The standard InChI is InChI=1S/C13H24N2O9/c1-23-13-11(22)9(20)7(18)5(24-13)2-14-12-10(21)8(19)6(17)4(3-16)15-12/h4-11,13,16-22H,2-3H2,1H3,(H,14,15)/t4-,5-,6+,7+,8-,9-,10-,11+,13-/m0/s1. The second-order valence-corrected chi connectivity index (χ2v) is 5.84. The molecule has 0 aromatic rings. The van der Waals surface area contributed by atoms with E-state index in [0.717, 1.165) is 0 Å². The molecule has 140 valence electrons. The molecule has 0 unspecified atom stereocenters. The highest BCUT2D eigenvalue weighted by Gasteiger charge is 2.44. The molecule has 2 aliphatic heterocycles. The van der Waals surface area contributed by atoms with Gasteiger partial charge < -0.3 is 50.5 Å². The molecule has 0 aliphatic carbocycles. The molecule has 2 saturated heterocycles. The first kappa shape index (κ1) is 19.4. The lowest BCUT2D eigenvalue weighted by Crippen LogP contribution is -2.64. The van der Waals surface area contributed by atoms with E-state index in [1.807, 2.05) is 0 Å². The van der Waals surface area contributed by atoms with Crippen LogP contribution in [0.5, 0.6) is 0 Å². The van der Waals surface area contributed by atoms with Crippen molar-refractivity contribution < 1.29 is 45.2 Å². The lowest BCUT2D eigenvalue weighted by Gasteiger charge is -2.40. The molecular formula is C13H24N2O9. The molecule has 8 N–H and O–H groups in total. The summed E-state index contributed by atoms with van der Waals surface area (Å²) in [7, 11) is 1.26. The molecule has 2 aliphatic rings. The number of hydrogen-bond acceptors (Lipinski definition) is 10. The fourth-order valence-electron chi connectivity index (χ4n) is 2.69. The topological polar surface area (TPSA) is 184 Å². The minimum absolute atomic E-state index is 0.0998. The van der Waals surface area contributed by atoms with Gasteiger partial charge in [0.1, 0.15) is 48.6 Å². The van der Waals surface area contributed by atoms with Crippen molar-refractivity contribution in [2.75, 3.05) is 20.3 Å². The van der Waals surface area contributed by atoms with Crippen molar-refractivity contribution in [1.29, 1.82) is 0 Å². The van der Waals surface area contributed by atoms with Crippen molar-refractivity contribution in [3.05, 3.63) is 0 Å². The third-order valence-corrected chi connectivity index (χ3v) is 4.24. The number of aliphatic hydroxyl groups is 7. The number of piperidine rings is 1. The Morgan fingerprint density at radius 3 is 2.25 bits per heavy atom. The fraction of sp³-hybridized carbons (Fsp3) is 0.923. The van der Waals surface area contributed by atoms with Crippen LogP contribution in [0.25, 0.3) is 0 Å². The molecular weight excluding hydrogens is 328 g/mol. The average Bonchev–Trinajstić information content (AvgIpc) is 2.58. The van der Waals surface area contributed by atoms with E-state index in [9.17, 15) is 30.6 Å². The smallest absolute Gasteiger partial charge is 0.186 e. The Balaban J connectivity index is 2.08. The van der Waals surface area contributed by atoms with Gasteiger partial charge in [0.15, 0.2) is 6.29 Å². The zero-order valence-electron chi connectivity index (χ0n) is 13.0. The number of amidine groups is 1. The van der Waals surface area contributed by atoms with Crippen molar-refractivity contribution in [1.82, 2.24) is 5.32 Å². The molecule has 11 nitrogen and oxygen atoms in total. The van der Waals surface area contributed by atoms with Gasteiger partial charge in [-0.2, -0.15) is 0 Å². The number of nitrogens with zero attached hydrogens (tertiary/aromatic N) is 1. The zero-order valence-corrected chi connectivity index (χ0v) is 13.0. The molecule has 9 atom stereocenters. The van der Waals surface area contributed by atoms with Gasteiger partial charge in [-0.25, -0.2) is 0 Å². The summed E-state index contributed by atoms with van der Waals surface area (Å²) in [6.07, 6.45) is -11.0. The van der Waals surface area contributed by atoms with Gasteiger partial charge in [-0.3, -0.25) is 4.99 Å². The number of hydrogen-bond donors (Lipinski definition) is 8. The minimum Gasteiger partial charge on any atom is -0.394 e. The van der Waals surface area contributed by atoms with Crippen molar-refractivity contribution in [3.8, 4) is 0 Å². The Morgan fingerprint density at radius 1 is 1.00 bits per heavy atom. The average molecular weight is 352 g/mol. The second-order valence-electron chi connectivity index (χ2n) is 5.84. The predicted octanol–water partition coefficient (Wildman–Crippen LogP) is -5.11. The maximum Gasteiger partial charge on any atom is 0.186 e. The Bertz CT molecular complexity index is 447. The number of methoxy groups -OCH3 is 1. The highest BCUT2D eigenvalue weighted by Crippen LogP contribution is 2.22. The third-order valence-electron chi connectivity index (χ3n) is 4.24. The largest absolute Gasteiger partial charge is 0.394 e. The molecule has 11 heteroatoms. The van der Waals surface area contributed by atoms with E-state index < -0.39 is 61.7 Å².